The van der Waals surface area contributed by atoms with Gasteiger partial charge in [-0.15, -0.1) is 0 Å². The maximum atomic E-state index is 11.6. The lowest BCUT2D eigenvalue weighted by molar-refractivity contribution is -0.0572. The Morgan fingerprint density at radius 3 is 2.43 bits per heavy atom. The third-order valence-corrected chi connectivity index (χ3v) is 3.09. The number of carbonyl (C=O) groups excluding carboxylic acids is 1. The molecule has 0 saturated heterocycles. The minimum atomic E-state index is -1.77. The van der Waals surface area contributed by atoms with Gasteiger partial charge in [-0.1, -0.05) is 47.0 Å². The molecule has 0 aromatic heterocycles. The minimum Gasteiger partial charge on any atom is -0.465 e. The van der Waals surface area contributed by atoms with Gasteiger partial charge in [-0.25, -0.2) is 9.59 Å². The van der Waals surface area contributed by atoms with Gasteiger partial charge in [0, 0.05) is 0 Å². The summed E-state index contributed by atoms with van der Waals surface area (Å²) in [7, 11) is 0. The Hall–Kier alpha value is -0.890. The van der Waals surface area contributed by atoms with E-state index in [1.54, 1.807) is 32.9 Å². The Morgan fingerprint density at radius 1 is 1.35 bits per heavy atom. The minimum absolute atomic E-state index is 0.339. The molecular formula is C13H19Cl3N2O5. The molecule has 0 saturated carbocycles. The van der Waals surface area contributed by atoms with Crippen molar-refractivity contribution in [3.63, 3.8) is 0 Å². The molecule has 7 nitrogen and oxygen atoms in total. The first-order valence-electron chi connectivity index (χ1n) is 6.76. The van der Waals surface area contributed by atoms with Crippen molar-refractivity contribution >= 4 is 47.0 Å². The average molecular weight is 390 g/mol. The molecule has 10 heteroatoms. The second kappa shape index (κ2) is 7.79. The van der Waals surface area contributed by atoms with E-state index >= 15 is 0 Å². The van der Waals surface area contributed by atoms with Gasteiger partial charge in [-0.05, 0) is 27.2 Å². The van der Waals surface area contributed by atoms with Crippen LogP contribution in [-0.4, -0.2) is 50.3 Å². The SMILES string of the molecule is CC(C)(C)OC(=O)NO[C@H]1CC=C[C@H]1N(CC(Cl)(Cl)Cl)C(=O)O. The highest BCUT2D eigenvalue weighted by atomic mass is 35.6. The van der Waals surface area contributed by atoms with Crippen LogP contribution in [0.4, 0.5) is 9.59 Å². The summed E-state index contributed by atoms with van der Waals surface area (Å²) in [5, 5.41) is 9.29. The van der Waals surface area contributed by atoms with Crippen molar-refractivity contribution < 1.29 is 24.3 Å². The van der Waals surface area contributed by atoms with Crippen LogP contribution in [0.1, 0.15) is 27.2 Å². The topological polar surface area (TPSA) is 88.1 Å². The van der Waals surface area contributed by atoms with Gasteiger partial charge in [0.1, 0.15) is 11.7 Å². The summed E-state index contributed by atoms with van der Waals surface area (Å²) in [6.45, 7) is 4.79. The van der Waals surface area contributed by atoms with Gasteiger partial charge in [-0.3, -0.25) is 9.74 Å². The van der Waals surface area contributed by atoms with Crippen LogP contribution in [-0.2, 0) is 9.57 Å². The molecule has 0 radical (unpaired) electrons. The maximum absolute atomic E-state index is 11.6. The van der Waals surface area contributed by atoms with E-state index in [2.05, 4.69) is 5.48 Å². The molecular weight excluding hydrogens is 371 g/mol. The number of hydroxylamine groups is 1. The zero-order valence-electron chi connectivity index (χ0n) is 12.9. The van der Waals surface area contributed by atoms with E-state index in [4.69, 9.17) is 44.4 Å². The van der Waals surface area contributed by atoms with Gasteiger partial charge in [0.05, 0.1) is 12.6 Å². The molecule has 0 aromatic rings. The number of halogens is 3. The Labute approximate surface area is 149 Å². The van der Waals surface area contributed by atoms with Crippen LogP contribution in [0.2, 0.25) is 0 Å². The van der Waals surface area contributed by atoms with E-state index in [-0.39, 0.29) is 6.54 Å². The lowest BCUT2D eigenvalue weighted by Crippen LogP contribution is -2.49. The van der Waals surface area contributed by atoms with E-state index < -0.39 is 33.7 Å². The molecule has 23 heavy (non-hydrogen) atoms. The Balaban J connectivity index is 2.66. The number of amides is 2. The van der Waals surface area contributed by atoms with Crippen LogP contribution >= 0.6 is 34.8 Å². The van der Waals surface area contributed by atoms with E-state index in [0.717, 1.165) is 4.90 Å². The van der Waals surface area contributed by atoms with Gasteiger partial charge in [-0.2, -0.15) is 5.48 Å². The van der Waals surface area contributed by atoms with Gasteiger partial charge in [0.2, 0.25) is 3.79 Å². The molecule has 0 aliphatic heterocycles. The third-order valence-electron chi connectivity index (χ3n) is 2.73. The zero-order chi connectivity index (χ0) is 17.8. The Kier molecular flexibility index (Phi) is 6.82. The number of hydrogen-bond acceptors (Lipinski definition) is 4. The standard InChI is InChI=1S/C13H19Cl3N2O5/c1-12(2,3)22-10(19)17-23-9-6-4-5-8(9)18(11(20)21)7-13(14,15)16/h4-5,8-9H,6-7H2,1-3H3,(H,17,19)(H,20,21)/t8-,9+/m1/s1. The smallest absolute Gasteiger partial charge is 0.431 e. The first kappa shape index (κ1) is 20.2. The highest BCUT2D eigenvalue weighted by Crippen LogP contribution is 2.30. The van der Waals surface area contributed by atoms with Crippen LogP contribution < -0.4 is 5.48 Å². The van der Waals surface area contributed by atoms with Crippen LogP contribution in [0, 0.1) is 0 Å². The number of carboxylic acid groups (broad SMARTS) is 1. The lowest BCUT2D eigenvalue weighted by atomic mass is 10.2. The predicted octanol–water partition coefficient (Wildman–Crippen LogP) is 3.49. The van der Waals surface area contributed by atoms with Gasteiger partial charge < -0.3 is 9.84 Å². The number of ether oxygens (including phenoxy) is 1. The monoisotopic (exact) mass is 388 g/mol. The largest absolute Gasteiger partial charge is 0.465 e. The van der Waals surface area contributed by atoms with Gasteiger partial charge in [0.25, 0.3) is 0 Å². The number of alkyl halides is 3. The fraction of sp³-hybridized carbons (Fsp3) is 0.692. The molecule has 0 spiro atoms. The van der Waals surface area contributed by atoms with Crippen LogP contribution in [0.25, 0.3) is 0 Å². The Bertz CT molecular complexity index is 473. The van der Waals surface area contributed by atoms with E-state index in [9.17, 15) is 14.7 Å². The van der Waals surface area contributed by atoms with Gasteiger partial charge in [0.15, 0.2) is 0 Å². The highest BCUT2D eigenvalue weighted by molar-refractivity contribution is 6.67. The molecule has 0 fully saturated rings. The molecule has 0 unspecified atom stereocenters. The molecule has 0 bridgehead atoms. The van der Waals surface area contributed by atoms with Gasteiger partial charge >= 0.3 is 12.2 Å². The van der Waals surface area contributed by atoms with E-state index in [1.165, 1.54) is 0 Å². The second-order valence-corrected chi connectivity index (χ2v) is 8.46. The predicted molar refractivity (Wildman–Crippen MR) is 86.8 cm³/mol. The van der Waals surface area contributed by atoms with Crippen molar-refractivity contribution in [1.82, 2.24) is 10.4 Å². The molecule has 0 heterocycles. The second-order valence-electron chi connectivity index (χ2n) is 5.94. The summed E-state index contributed by atoms with van der Waals surface area (Å²) >= 11 is 17.0. The third kappa shape index (κ3) is 7.48. The summed E-state index contributed by atoms with van der Waals surface area (Å²) in [6, 6.07) is -0.696. The molecule has 1 rings (SSSR count). The summed E-state index contributed by atoms with van der Waals surface area (Å²) in [4.78, 5) is 29.2. The average Bonchev–Trinajstić information content (AvgIpc) is 2.78. The number of nitrogens with one attached hydrogen (secondary N) is 1. The summed E-state index contributed by atoms with van der Waals surface area (Å²) in [6.07, 6.45) is 1.05. The molecule has 1 aliphatic rings. The molecule has 2 amide bonds. The number of nitrogens with zero attached hydrogens (tertiary/aromatic N) is 1. The first-order valence-corrected chi connectivity index (χ1v) is 7.90. The van der Waals surface area contributed by atoms with Crippen LogP contribution in [0.15, 0.2) is 12.2 Å². The quantitative estimate of drug-likeness (QED) is 0.436. The molecule has 0 aromatic carbocycles. The first-order chi connectivity index (χ1) is 10.4. The summed E-state index contributed by atoms with van der Waals surface area (Å²) in [5.74, 6) is 0. The highest BCUT2D eigenvalue weighted by Gasteiger charge is 2.37. The zero-order valence-corrected chi connectivity index (χ0v) is 15.2. The number of rotatable bonds is 4. The fourth-order valence-electron chi connectivity index (χ4n) is 1.95. The van der Waals surface area contributed by atoms with Crippen molar-refractivity contribution in [3.8, 4) is 0 Å². The lowest BCUT2D eigenvalue weighted by Gasteiger charge is -2.32. The summed E-state index contributed by atoms with van der Waals surface area (Å²) in [5.41, 5.74) is 1.47. The van der Waals surface area contributed by atoms with Crippen molar-refractivity contribution in [2.24, 2.45) is 0 Å². The summed E-state index contributed by atoms with van der Waals surface area (Å²) < 4.78 is 3.27. The van der Waals surface area contributed by atoms with Crippen molar-refractivity contribution in [1.29, 1.82) is 0 Å². The fourth-order valence-corrected chi connectivity index (χ4v) is 2.34. The van der Waals surface area contributed by atoms with Crippen molar-refractivity contribution in [3.05, 3.63) is 12.2 Å². The van der Waals surface area contributed by atoms with E-state index in [0.29, 0.717) is 6.42 Å². The van der Waals surface area contributed by atoms with Crippen molar-refractivity contribution in [2.45, 2.75) is 48.7 Å². The number of carbonyl (C=O) groups is 2. The molecule has 2 atom stereocenters. The maximum Gasteiger partial charge on any atom is 0.431 e. The molecule has 2 N–H and O–H groups in total. The van der Waals surface area contributed by atoms with Crippen LogP contribution in [0.3, 0.4) is 0 Å². The van der Waals surface area contributed by atoms with Crippen molar-refractivity contribution in [2.75, 3.05) is 6.54 Å². The van der Waals surface area contributed by atoms with E-state index in [1.807, 2.05) is 0 Å². The molecule has 1 aliphatic carbocycles. The Morgan fingerprint density at radius 2 is 1.96 bits per heavy atom. The molecule has 132 valence electrons. The number of hydrogen-bond donors (Lipinski definition) is 2. The normalized spacial score (nSPS) is 21.1. The van der Waals surface area contributed by atoms with Crippen LogP contribution in [0.5, 0.6) is 0 Å².